The van der Waals surface area contributed by atoms with Crippen LogP contribution in [0.2, 0.25) is 0 Å². The molecule has 0 unspecified atom stereocenters. The molecule has 120 valence electrons. The summed E-state index contributed by atoms with van der Waals surface area (Å²) in [4.78, 5) is 2.46. The molecular weight excluding hydrogens is 300 g/mol. The van der Waals surface area contributed by atoms with Crippen molar-refractivity contribution >= 4 is 12.4 Å². The van der Waals surface area contributed by atoms with Crippen molar-refractivity contribution in [3.63, 3.8) is 0 Å². The molecule has 1 aromatic heterocycles. The number of methoxy groups -OCH3 is 1. The summed E-state index contributed by atoms with van der Waals surface area (Å²) in [5.74, 6) is 0.844. The smallest absolute Gasteiger partial charge is 0.144 e. The Labute approximate surface area is 137 Å². The molecule has 2 heterocycles. The summed E-state index contributed by atoms with van der Waals surface area (Å²) in [7, 11) is 1.69. The number of aromatic nitrogens is 2. The van der Waals surface area contributed by atoms with Crippen molar-refractivity contribution in [2.24, 2.45) is 0 Å². The van der Waals surface area contributed by atoms with E-state index in [0.717, 1.165) is 37.6 Å². The molecule has 6 heteroatoms. The second-order valence-electron chi connectivity index (χ2n) is 5.50. The van der Waals surface area contributed by atoms with Gasteiger partial charge in [0.05, 0.1) is 12.8 Å². The highest BCUT2D eigenvalue weighted by molar-refractivity contribution is 5.85. The monoisotopic (exact) mass is 322 g/mol. The molecule has 1 fully saturated rings. The summed E-state index contributed by atoms with van der Waals surface area (Å²) in [5.41, 5.74) is 2.18. The van der Waals surface area contributed by atoms with E-state index < -0.39 is 0 Å². The molecule has 3 rings (SSSR count). The van der Waals surface area contributed by atoms with E-state index in [-0.39, 0.29) is 12.4 Å². The largest absolute Gasteiger partial charge is 0.494 e. The zero-order valence-electron chi connectivity index (χ0n) is 13.0. The quantitative estimate of drug-likeness (QED) is 0.936. The number of rotatable bonds is 4. The van der Waals surface area contributed by atoms with Gasteiger partial charge in [0.2, 0.25) is 0 Å². The minimum absolute atomic E-state index is 0. The Morgan fingerprint density at radius 1 is 1.32 bits per heavy atom. The summed E-state index contributed by atoms with van der Waals surface area (Å²) in [6, 6.07) is 10.6. The number of nitrogens with zero attached hydrogens (tertiary/aromatic N) is 3. The Morgan fingerprint density at radius 2 is 2.14 bits per heavy atom. The van der Waals surface area contributed by atoms with E-state index in [2.05, 4.69) is 28.3 Å². The van der Waals surface area contributed by atoms with E-state index in [0.29, 0.717) is 6.04 Å². The second kappa shape index (κ2) is 7.63. The molecule has 1 aliphatic heterocycles. The molecule has 0 aliphatic carbocycles. The summed E-state index contributed by atoms with van der Waals surface area (Å²) in [6.07, 6.45) is 1.85. The molecule has 1 aliphatic rings. The fourth-order valence-corrected chi connectivity index (χ4v) is 2.86. The number of nitrogens with one attached hydrogen (secondary N) is 1. The van der Waals surface area contributed by atoms with Gasteiger partial charge in [-0.15, -0.1) is 12.4 Å². The summed E-state index contributed by atoms with van der Waals surface area (Å²) < 4.78 is 7.42. The van der Waals surface area contributed by atoms with Gasteiger partial charge < -0.3 is 10.1 Å². The number of ether oxygens (including phenoxy) is 1. The third kappa shape index (κ3) is 3.61. The van der Waals surface area contributed by atoms with Gasteiger partial charge in [-0.3, -0.25) is 4.90 Å². The predicted molar refractivity (Wildman–Crippen MR) is 90.1 cm³/mol. The topological polar surface area (TPSA) is 42.3 Å². The summed E-state index contributed by atoms with van der Waals surface area (Å²) in [6.45, 7) is 6.32. The molecule has 0 amide bonds. The second-order valence-corrected chi connectivity index (χ2v) is 5.50. The average Bonchev–Trinajstić information content (AvgIpc) is 2.95. The van der Waals surface area contributed by atoms with Crippen molar-refractivity contribution in [1.29, 1.82) is 0 Å². The first-order valence-electron chi connectivity index (χ1n) is 7.40. The fraction of sp³-hybridized carbons (Fsp3) is 0.438. The van der Waals surface area contributed by atoms with Gasteiger partial charge in [-0.2, -0.15) is 5.10 Å². The van der Waals surface area contributed by atoms with E-state index in [1.54, 1.807) is 7.11 Å². The zero-order valence-corrected chi connectivity index (χ0v) is 13.8. The van der Waals surface area contributed by atoms with Crippen LogP contribution in [-0.4, -0.2) is 47.5 Å². The molecule has 1 saturated heterocycles. The number of para-hydroxylation sites is 2. The van der Waals surface area contributed by atoms with E-state index in [9.17, 15) is 0 Å². The van der Waals surface area contributed by atoms with Crippen molar-refractivity contribution in [2.75, 3.05) is 26.7 Å². The van der Waals surface area contributed by atoms with E-state index in [4.69, 9.17) is 4.74 Å². The number of hydrogen-bond donors (Lipinski definition) is 1. The zero-order chi connectivity index (χ0) is 14.7. The van der Waals surface area contributed by atoms with Gasteiger partial charge in [0.25, 0.3) is 0 Å². The van der Waals surface area contributed by atoms with Gasteiger partial charge in [0.1, 0.15) is 11.4 Å². The van der Waals surface area contributed by atoms with Gasteiger partial charge in [-0.25, -0.2) is 4.68 Å². The SMILES string of the molecule is COc1ccccc1-n1nccc1CN1CCN[C@@H](C)C1.Cl. The highest BCUT2D eigenvalue weighted by Gasteiger charge is 2.18. The van der Waals surface area contributed by atoms with Crippen LogP contribution in [-0.2, 0) is 6.54 Å². The van der Waals surface area contributed by atoms with Crippen LogP contribution < -0.4 is 10.1 Å². The van der Waals surface area contributed by atoms with E-state index >= 15 is 0 Å². The lowest BCUT2D eigenvalue weighted by Crippen LogP contribution is -2.48. The van der Waals surface area contributed by atoms with Crippen LogP contribution in [0.1, 0.15) is 12.6 Å². The third-order valence-electron chi connectivity index (χ3n) is 3.87. The van der Waals surface area contributed by atoms with Gasteiger partial charge in [0.15, 0.2) is 0 Å². The first kappa shape index (κ1) is 16.8. The maximum atomic E-state index is 5.45. The van der Waals surface area contributed by atoms with Crippen molar-refractivity contribution < 1.29 is 4.74 Å². The Bertz CT molecular complexity index is 601. The highest BCUT2D eigenvalue weighted by Crippen LogP contribution is 2.23. The number of hydrogen-bond acceptors (Lipinski definition) is 4. The molecule has 0 bridgehead atoms. The first-order chi connectivity index (χ1) is 10.3. The van der Waals surface area contributed by atoms with Crippen molar-refractivity contribution in [1.82, 2.24) is 20.0 Å². The normalized spacial score (nSPS) is 18.7. The van der Waals surface area contributed by atoms with Crippen LogP contribution >= 0.6 is 12.4 Å². The maximum Gasteiger partial charge on any atom is 0.144 e. The third-order valence-corrected chi connectivity index (χ3v) is 3.87. The molecule has 1 atom stereocenters. The predicted octanol–water partition coefficient (Wildman–Crippen LogP) is 2.10. The van der Waals surface area contributed by atoms with Gasteiger partial charge in [-0.1, -0.05) is 12.1 Å². The molecule has 2 aromatic rings. The average molecular weight is 323 g/mol. The van der Waals surface area contributed by atoms with E-state index in [1.807, 2.05) is 35.1 Å². The summed E-state index contributed by atoms with van der Waals surface area (Å²) in [5, 5.41) is 7.95. The lowest BCUT2D eigenvalue weighted by atomic mass is 10.2. The van der Waals surface area contributed by atoms with Crippen LogP contribution in [0.5, 0.6) is 5.75 Å². The van der Waals surface area contributed by atoms with Crippen LogP contribution in [0.15, 0.2) is 36.5 Å². The van der Waals surface area contributed by atoms with Crippen molar-refractivity contribution in [2.45, 2.75) is 19.5 Å². The van der Waals surface area contributed by atoms with Crippen LogP contribution in [0, 0.1) is 0 Å². The molecule has 5 nitrogen and oxygen atoms in total. The summed E-state index contributed by atoms with van der Waals surface area (Å²) >= 11 is 0. The molecular formula is C16H23ClN4O. The molecule has 1 aromatic carbocycles. The molecule has 0 saturated carbocycles. The minimum Gasteiger partial charge on any atom is -0.494 e. The standard InChI is InChI=1S/C16H22N4O.ClH/c1-13-11-19(10-9-17-13)12-14-7-8-18-20(14)15-5-3-4-6-16(15)21-2;/h3-8,13,17H,9-12H2,1-2H3;1H/t13-;/m0./s1. The van der Waals surface area contributed by atoms with Crippen LogP contribution in [0.4, 0.5) is 0 Å². The van der Waals surface area contributed by atoms with Crippen LogP contribution in [0.3, 0.4) is 0 Å². The van der Waals surface area contributed by atoms with Gasteiger partial charge >= 0.3 is 0 Å². The minimum atomic E-state index is 0. The lowest BCUT2D eigenvalue weighted by molar-refractivity contribution is 0.196. The van der Waals surface area contributed by atoms with Gasteiger partial charge in [-0.05, 0) is 25.1 Å². The van der Waals surface area contributed by atoms with Crippen LogP contribution in [0.25, 0.3) is 5.69 Å². The lowest BCUT2D eigenvalue weighted by Gasteiger charge is -2.31. The Morgan fingerprint density at radius 3 is 2.91 bits per heavy atom. The number of benzene rings is 1. The maximum absolute atomic E-state index is 5.45. The highest BCUT2D eigenvalue weighted by atomic mass is 35.5. The molecule has 1 N–H and O–H groups in total. The fourth-order valence-electron chi connectivity index (χ4n) is 2.86. The molecule has 0 radical (unpaired) electrons. The number of halogens is 1. The van der Waals surface area contributed by atoms with Crippen molar-refractivity contribution in [3.8, 4) is 11.4 Å². The van der Waals surface area contributed by atoms with Gasteiger partial charge in [0, 0.05) is 38.4 Å². The van der Waals surface area contributed by atoms with Crippen molar-refractivity contribution in [3.05, 3.63) is 42.2 Å². The molecule has 22 heavy (non-hydrogen) atoms. The Hall–Kier alpha value is -1.56. The number of piperazine rings is 1. The Kier molecular flexibility index (Phi) is 5.83. The molecule has 0 spiro atoms. The Balaban J connectivity index is 0.00000176. The first-order valence-corrected chi connectivity index (χ1v) is 7.40. The van der Waals surface area contributed by atoms with E-state index in [1.165, 1.54) is 5.69 Å².